The largest absolute Gasteiger partial charge is 0.462 e. The Hall–Kier alpha value is -2.66. The summed E-state index contributed by atoms with van der Waals surface area (Å²) in [5.41, 5.74) is 0. The van der Waals surface area contributed by atoms with Crippen molar-refractivity contribution in [1.82, 2.24) is 0 Å². The van der Waals surface area contributed by atoms with Crippen LogP contribution in [0, 0.1) is 0 Å². The highest BCUT2D eigenvalue weighted by Gasteiger charge is 2.15. The fourth-order valence-corrected chi connectivity index (χ4v) is 6.06. The van der Waals surface area contributed by atoms with Crippen LogP contribution >= 0.6 is 0 Å². The number of carbonyl (C=O) groups is 2. The lowest BCUT2D eigenvalue weighted by atomic mass is 10.0. The summed E-state index contributed by atoms with van der Waals surface area (Å²) in [6, 6.07) is 0. The van der Waals surface area contributed by atoms with Crippen LogP contribution < -0.4 is 0 Å². The molecule has 5 heteroatoms. The molecule has 0 rings (SSSR count). The zero-order valence-electron chi connectivity index (χ0n) is 35.2. The number of rotatable bonds is 40. The van der Waals surface area contributed by atoms with Crippen LogP contribution in [0.3, 0.4) is 0 Å². The number of carbonyl (C=O) groups excluding carboxylic acids is 2. The third-order valence-corrected chi connectivity index (χ3v) is 9.49. The molecule has 0 bridgehead atoms. The van der Waals surface area contributed by atoms with Gasteiger partial charge in [0.2, 0.25) is 0 Å². The second kappa shape index (κ2) is 44.7. The van der Waals surface area contributed by atoms with Crippen LogP contribution in [0.2, 0.25) is 0 Å². The monoisotopic (exact) mass is 753 g/mol. The number of aliphatic hydroxyl groups excluding tert-OH is 1. The maximum Gasteiger partial charge on any atom is 0.306 e. The molecular formula is C49H84O5. The minimum absolute atomic E-state index is 0.0983. The number of hydrogen-bond acceptors (Lipinski definition) is 5. The van der Waals surface area contributed by atoms with Gasteiger partial charge in [-0.2, -0.15) is 0 Å². The molecule has 0 saturated carbocycles. The van der Waals surface area contributed by atoms with Gasteiger partial charge in [-0.3, -0.25) is 9.59 Å². The Morgan fingerprint density at radius 2 is 0.778 bits per heavy atom. The van der Waals surface area contributed by atoms with Crippen molar-refractivity contribution in [3.63, 3.8) is 0 Å². The molecule has 0 aromatic rings. The van der Waals surface area contributed by atoms with Gasteiger partial charge in [0.05, 0.1) is 6.61 Å². The van der Waals surface area contributed by atoms with E-state index in [1.165, 1.54) is 128 Å². The Balaban J connectivity index is 3.64. The SMILES string of the molecule is CCCCCC=CCC=CCC=CCC=CCC=CCCC(=O)OC(CO)COC(=O)CCCCCCCCCCCCCC=CCCCCCCCC. The van der Waals surface area contributed by atoms with E-state index in [1.807, 2.05) is 12.2 Å². The molecule has 0 aromatic heterocycles. The van der Waals surface area contributed by atoms with Crippen molar-refractivity contribution >= 4 is 11.9 Å². The first-order chi connectivity index (χ1) is 26.6. The second-order valence-electron chi connectivity index (χ2n) is 14.8. The Morgan fingerprint density at radius 3 is 1.24 bits per heavy atom. The molecule has 0 amide bonds. The molecule has 1 atom stereocenters. The summed E-state index contributed by atoms with van der Waals surface area (Å²) in [7, 11) is 0. The number of esters is 2. The third kappa shape index (κ3) is 42.1. The molecule has 1 unspecified atom stereocenters. The van der Waals surface area contributed by atoms with Crippen LogP contribution in [0.4, 0.5) is 0 Å². The number of allylic oxidation sites excluding steroid dienone is 12. The van der Waals surface area contributed by atoms with Crippen molar-refractivity contribution < 1.29 is 24.2 Å². The zero-order valence-corrected chi connectivity index (χ0v) is 35.2. The van der Waals surface area contributed by atoms with Gasteiger partial charge < -0.3 is 14.6 Å². The fourth-order valence-electron chi connectivity index (χ4n) is 6.06. The summed E-state index contributed by atoms with van der Waals surface area (Å²) in [4.78, 5) is 24.3. The molecule has 0 fully saturated rings. The quantitative estimate of drug-likeness (QED) is 0.0383. The van der Waals surface area contributed by atoms with E-state index in [0.717, 1.165) is 44.9 Å². The van der Waals surface area contributed by atoms with Gasteiger partial charge in [0.25, 0.3) is 0 Å². The Labute approximate surface area is 333 Å². The van der Waals surface area contributed by atoms with E-state index in [2.05, 4.69) is 74.6 Å². The van der Waals surface area contributed by atoms with E-state index in [4.69, 9.17) is 9.47 Å². The molecule has 0 aliphatic carbocycles. The summed E-state index contributed by atoms with van der Waals surface area (Å²) in [6.45, 7) is 4.05. The van der Waals surface area contributed by atoms with Crippen molar-refractivity contribution in [2.45, 2.75) is 213 Å². The predicted octanol–water partition coefficient (Wildman–Crippen LogP) is 14.5. The number of unbranched alkanes of at least 4 members (excludes halogenated alkanes) is 20. The Morgan fingerprint density at radius 1 is 0.426 bits per heavy atom. The van der Waals surface area contributed by atoms with E-state index in [1.54, 1.807) is 0 Å². The molecule has 54 heavy (non-hydrogen) atoms. The number of hydrogen-bond donors (Lipinski definition) is 1. The van der Waals surface area contributed by atoms with Crippen LogP contribution in [0.15, 0.2) is 72.9 Å². The van der Waals surface area contributed by atoms with Gasteiger partial charge in [-0.25, -0.2) is 0 Å². The molecular weight excluding hydrogens is 669 g/mol. The summed E-state index contributed by atoms with van der Waals surface area (Å²) in [6.07, 6.45) is 59.8. The number of ether oxygens (including phenoxy) is 2. The van der Waals surface area contributed by atoms with E-state index in [-0.39, 0.29) is 25.6 Å². The van der Waals surface area contributed by atoms with E-state index in [0.29, 0.717) is 12.8 Å². The maximum atomic E-state index is 12.2. The summed E-state index contributed by atoms with van der Waals surface area (Å²) < 4.78 is 10.6. The molecule has 310 valence electrons. The minimum atomic E-state index is -0.814. The zero-order chi connectivity index (χ0) is 39.3. The standard InChI is InChI=1S/C49H84O5/c1-3-5-7-9-11-13-15-17-19-21-23-24-26-27-29-31-33-35-37-39-41-43-48(51)53-46-47(45-50)54-49(52)44-42-40-38-36-34-32-30-28-25-22-20-18-16-14-12-10-8-6-4-2/h12,14,17-20,25,28,32,34,38,40,47,50H,3-11,13,15-16,21-24,26-27,29-31,33,35-37,39,41-46H2,1-2H3. The maximum absolute atomic E-state index is 12.2. The van der Waals surface area contributed by atoms with Crippen molar-refractivity contribution in [1.29, 1.82) is 0 Å². The molecule has 0 heterocycles. The lowest BCUT2D eigenvalue weighted by Crippen LogP contribution is -2.28. The van der Waals surface area contributed by atoms with Gasteiger partial charge in [0.1, 0.15) is 6.61 Å². The molecule has 0 saturated heterocycles. The smallest absolute Gasteiger partial charge is 0.306 e. The first-order valence-corrected chi connectivity index (χ1v) is 22.5. The molecule has 0 spiro atoms. The molecule has 0 aliphatic rings. The third-order valence-electron chi connectivity index (χ3n) is 9.49. The predicted molar refractivity (Wildman–Crippen MR) is 233 cm³/mol. The first kappa shape index (κ1) is 51.3. The Bertz CT molecular complexity index is 988. The van der Waals surface area contributed by atoms with Crippen LogP contribution in [0.5, 0.6) is 0 Å². The average molecular weight is 753 g/mol. The van der Waals surface area contributed by atoms with Crippen molar-refractivity contribution in [3.05, 3.63) is 72.9 Å². The van der Waals surface area contributed by atoms with Gasteiger partial charge in [-0.05, 0) is 77.0 Å². The van der Waals surface area contributed by atoms with Gasteiger partial charge in [0, 0.05) is 12.8 Å². The van der Waals surface area contributed by atoms with Crippen molar-refractivity contribution in [3.8, 4) is 0 Å². The second-order valence-corrected chi connectivity index (χ2v) is 14.8. The normalized spacial score (nSPS) is 12.9. The van der Waals surface area contributed by atoms with Gasteiger partial charge in [-0.15, -0.1) is 0 Å². The number of aliphatic hydroxyl groups is 1. The average Bonchev–Trinajstić information content (AvgIpc) is 3.17. The molecule has 5 nitrogen and oxygen atoms in total. The van der Waals surface area contributed by atoms with Crippen molar-refractivity contribution in [2.75, 3.05) is 13.2 Å². The van der Waals surface area contributed by atoms with Crippen LogP contribution in [0.1, 0.15) is 206 Å². The summed E-state index contributed by atoms with van der Waals surface area (Å²) in [5, 5.41) is 9.58. The molecule has 1 N–H and O–H groups in total. The highest BCUT2D eigenvalue weighted by molar-refractivity contribution is 5.70. The lowest BCUT2D eigenvalue weighted by Gasteiger charge is -2.15. The van der Waals surface area contributed by atoms with E-state index < -0.39 is 12.1 Å². The van der Waals surface area contributed by atoms with Gasteiger partial charge in [0.15, 0.2) is 6.10 Å². The van der Waals surface area contributed by atoms with Crippen molar-refractivity contribution in [2.24, 2.45) is 0 Å². The minimum Gasteiger partial charge on any atom is -0.462 e. The molecule has 0 aromatic carbocycles. The summed E-state index contributed by atoms with van der Waals surface area (Å²) in [5.74, 6) is -0.688. The van der Waals surface area contributed by atoms with Crippen LogP contribution in [0.25, 0.3) is 0 Å². The highest BCUT2D eigenvalue weighted by atomic mass is 16.6. The van der Waals surface area contributed by atoms with E-state index >= 15 is 0 Å². The fraction of sp³-hybridized carbons (Fsp3) is 0.714. The Kier molecular flexibility index (Phi) is 42.5. The molecule has 0 radical (unpaired) electrons. The molecule has 0 aliphatic heterocycles. The summed E-state index contributed by atoms with van der Waals surface area (Å²) >= 11 is 0. The topological polar surface area (TPSA) is 72.8 Å². The van der Waals surface area contributed by atoms with E-state index in [9.17, 15) is 14.7 Å². The first-order valence-electron chi connectivity index (χ1n) is 22.5. The lowest BCUT2D eigenvalue weighted by molar-refractivity contribution is -0.161. The van der Waals surface area contributed by atoms with Crippen LogP contribution in [-0.4, -0.2) is 36.4 Å². The van der Waals surface area contributed by atoms with Gasteiger partial charge >= 0.3 is 11.9 Å². The van der Waals surface area contributed by atoms with Crippen LogP contribution in [-0.2, 0) is 19.1 Å². The highest BCUT2D eigenvalue weighted by Crippen LogP contribution is 2.14. The van der Waals surface area contributed by atoms with Gasteiger partial charge in [-0.1, -0.05) is 189 Å².